The van der Waals surface area contributed by atoms with Crippen molar-refractivity contribution in [2.75, 3.05) is 10.6 Å². The first-order chi connectivity index (χ1) is 15.0. The topological polar surface area (TPSA) is 79.2 Å². The molecule has 31 heavy (non-hydrogen) atoms. The number of hydrogen-bond acceptors (Lipinski definition) is 4. The van der Waals surface area contributed by atoms with Gasteiger partial charge in [-0.3, -0.25) is 0 Å². The smallest absolute Gasteiger partial charge is 0.328 e. The number of rotatable bonds is 7. The third-order valence-electron chi connectivity index (χ3n) is 5.46. The first kappa shape index (κ1) is 20.5. The van der Waals surface area contributed by atoms with Crippen LogP contribution in [0.1, 0.15) is 30.5 Å². The molecule has 4 aromatic rings. The van der Waals surface area contributed by atoms with Crippen LogP contribution < -0.4 is 10.6 Å². The van der Waals surface area contributed by atoms with Crippen molar-refractivity contribution in [3.8, 4) is 0 Å². The van der Waals surface area contributed by atoms with E-state index >= 15 is 0 Å². The molecular weight excluding hydrogens is 388 g/mol. The second-order valence-corrected chi connectivity index (χ2v) is 7.67. The molecule has 0 aliphatic rings. The van der Waals surface area contributed by atoms with Gasteiger partial charge in [-0.25, -0.2) is 9.48 Å². The Labute approximate surface area is 181 Å². The molecule has 0 saturated carbocycles. The van der Waals surface area contributed by atoms with Gasteiger partial charge in [-0.1, -0.05) is 43.3 Å². The van der Waals surface area contributed by atoms with Gasteiger partial charge in [0.2, 0.25) is 0 Å². The molecule has 6 heteroatoms. The highest BCUT2D eigenvalue weighted by Crippen LogP contribution is 2.33. The Kier molecular flexibility index (Phi) is 5.62. The van der Waals surface area contributed by atoms with Crippen molar-refractivity contribution in [1.82, 2.24) is 9.78 Å². The monoisotopic (exact) mass is 414 g/mol. The van der Waals surface area contributed by atoms with Gasteiger partial charge in [0.1, 0.15) is 6.04 Å². The van der Waals surface area contributed by atoms with Gasteiger partial charge in [0.05, 0.1) is 5.52 Å². The predicted octanol–water partition coefficient (Wildman–Crippen LogP) is 6.18. The molecule has 4 rings (SSSR count). The van der Waals surface area contributed by atoms with Crippen LogP contribution in [0.15, 0.2) is 66.7 Å². The third-order valence-corrected chi connectivity index (χ3v) is 5.46. The van der Waals surface area contributed by atoms with Crippen LogP contribution in [0.2, 0.25) is 0 Å². The number of benzene rings is 3. The van der Waals surface area contributed by atoms with Gasteiger partial charge in [-0.05, 0) is 61.7 Å². The first-order valence-corrected chi connectivity index (χ1v) is 10.4. The Morgan fingerprint density at radius 1 is 0.968 bits per heavy atom. The summed E-state index contributed by atoms with van der Waals surface area (Å²) in [7, 11) is 0. The van der Waals surface area contributed by atoms with Crippen LogP contribution >= 0.6 is 0 Å². The fourth-order valence-electron chi connectivity index (χ4n) is 3.81. The second kappa shape index (κ2) is 8.52. The Bertz CT molecular complexity index is 1210. The van der Waals surface area contributed by atoms with E-state index in [0.717, 1.165) is 39.1 Å². The van der Waals surface area contributed by atoms with E-state index in [-0.39, 0.29) is 0 Å². The van der Waals surface area contributed by atoms with Crippen molar-refractivity contribution in [2.24, 2.45) is 0 Å². The minimum absolute atomic E-state index is 0.436. The molecule has 0 amide bonds. The largest absolute Gasteiger partial charge is 0.480 e. The van der Waals surface area contributed by atoms with E-state index in [1.165, 1.54) is 0 Å². The molecule has 0 bridgehead atoms. The maximum atomic E-state index is 11.9. The van der Waals surface area contributed by atoms with E-state index in [1.807, 2.05) is 87.5 Å². The van der Waals surface area contributed by atoms with Crippen LogP contribution in [0.25, 0.3) is 10.9 Å². The minimum Gasteiger partial charge on any atom is -0.480 e. The zero-order valence-electron chi connectivity index (χ0n) is 17.9. The van der Waals surface area contributed by atoms with E-state index < -0.39 is 12.0 Å². The van der Waals surface area contributed by atoms with E-state index in [0.29, 0.717) is 12.2 Å². The second-order valence-electron chi connectivity index (χ2n) is 7.67. The zero-order valence-corrected chi connectivity index (χ0v) is 17.9. The normalized spacial score (nSPS) is 12.0. The van der Waals surface area contributed by atoms with Gasteiger partial charge < -0.3 is 15.7 Å². The van der Waals surface area contributed by atoms with Gasteiger partial charge >= 0.3 is 5.97 Å². The summed E-state index contributed by atoms with van der Waals surface area (Å²) in [4.78, 5) is 11.9. The molecule has 3 aromatic carbocycles. The fraction of sp³-hybridized carbons (Fsp3) is 0.200. The lowest BCUT2D eigenvalue weighted by atomic mass is 10.1. The highest BCUT2D eigenvalue weighted by molar-refractivity contribution is 5.95. The predicted molar refractivity (Wildman–Crippen MR) is 126 cm³/mol. The van der Waals surface area contributed by atoms with Gasteiger partial charge in [0.15, 0.2) is 5.82 Å². The summed E-state index contributed by atoms with van der Waals surface area (Å²) >= 11 is 0. The number of aliphatic carboxylic acids is 1. The van der Waals surface area contributed by atoms with Crippen LogP contribution in [-0.2, 0) is 4.79 Å². The van der Waals surface area contributed by atoms with Crippen molar-refractivity contribution >= 4 is 39.8 Å². The molecule has 158 valence electrons. The summed E-state index contributed by atoms with van der Waals surface area (Å²) in [5, 5.41) is 22.2. The van der Waals surface area contributed by atoms with Crippen molar-refractivity contribution in [2.45, 2.75) is 33.2 Å². The quantitative estimate of drug-likeness (QED) is 0.337. The number of aromatic nitrogens is 2. The number of anilines is 4. The van der Waals surface area contributed by atoms with Gasteiger partial charge in [-0.2, -0.15) is 5.10 Å². The third kappa shape index (κ3) is 4.10. The molecule has 1 atom stereocenters. The molecule has 3 N–H and O–H groups in total. The van der Waals surface area contributed by atoms with Crippen LogP contribution in [0.3, 0.4) is 0 Å². The Morgan fingerprint density at radius 3 is 2.32 bits per heavy atom. The number of carbonyl (C=O) groups is 1. The Balaban J connectivity index is 1.82. The molecule has 6 nitrogen and oxygen atoms in total. The standard InChI is InChI=1S/C25H26N4O2/c1-4-21(25(30)31)29-22-15-19(26-18-11-6-5-7-12-18)13-14-20(22)24(28-29)27-23-16(2)9-8-10-17(23)3/h5-15,21,26H,4H2,1-3H3,(H,27,28)(H,30,31). The highest BCUT2D eigenvalue weighted by Gasteiger charge is 2.23. The maximum absolute atomic E-state index is 11.9. The van der Waals surface area contributed by atoms with Crippen LogP contribution in [0.5, 0.6) is 0 Å². The minimum atomic E-state index is -0.896. The average Bonchev–Trinajstić information content (AvgIpc) is 3.09. The molecule has 0 aliphatic heterocycles. The number of carboxylic acid groups (broad SMARTS) is 1. The highest BCUT2D eigenvalue weighted by atomic mass is 16.4. The van der Waals surface area contributed by atoms with Crippen LogP contribution in [-0.4, -0.2) is 20.9 Å². The van der Waals surface area contributed by atoms with E-state index in [9.17, 15) is 9.90 Å². The van der Waals surface area contributed by atoms with Gasteiger partial charge in [0, 0.05) is 22.4 Å². The molecule has 1 aromatic heterocycles. The molecule has 1 heterocycles. The number of nitrogens with zero attached hydrogens (tertiary/aromatic N) is 2. The zero-order chi connectivity index (χ0) is 22.0. The lowest BCUT2D eigenvalue weighted by molar-refractivity contribution is -0.141. The van der Waals surface area contributed by atoms with Gasteiger partial charge in [-0.15, -0.1) is 0 Å². The molecule has 1 unspecified atom stereocenters. The van der Waals surface area contributed by atoms with Crippen molar-refractivity contribution in [3.63, 3.8) is 0 Å². The summed E-state index contributed by atoms with van der Waals surface area (Å²) < 4.78 is 1.61. The van der Waals surface area contributed by atoms with Crippen LogP contribution in [0, 0.1) is 13.8 Å². The first-order valence-electron chi connectivity index (χ1n) is 10.4. The van der Waals surface area contributed by atoms with Crippen LogP contribution in [0.4, 0.5) is 22.9 Å². The number of nitrogens with one attached hydrogen (secondary N) is 2. The molecular formula is C25H26N4O2. The summed E-state index contributed by atoms with van der Waals surface area (Å²) in [6, 6.07) is 21.2. The number of para-hydroxylation sites is 2. The number of carboxylic acids is 1. The van der Waals surface area contributed by atoms with Crippen molar-refractivity contribution < 1.29 is 9.90 Å². The van der Waals surface area contributed by atoms with Gasteiger partial charge in [0.25, 0.3) is 0 Å². The van der Waals surface area contributed by atoms with E-state index in [2.05, 4.69) is 10.6 Å². The Hall–Kier alpha value is -3.80. The molecule has 0 fully saturated rings. The number of hydrogen-bond donors (Lipinski definition) is 3. The SMILES string of the molecule is CCC(C(=O)O)n1nc(Nc2c(C)cccc2C)c2ccc(Nc3ccccc3)cc21. The van der Waals surface area contributed by atoms with Crippen molar-refractivity contribution in [3.05, 3.63) is 77.9 Å². The summed E-state index contributed by atoms with van der Waals surface area (Å²) in [5.41, 5.74) is 5.81. The van der Waals surface area contributed by atoms with Crippen molar-refractivity contribution in [1.29, 1.82) is 0 Å². The Morgan fingerprint density at radius 2 is 1.68 bits per heavy atom. The maximum Gasteiger partial charge on any atom is 0.328 e. The number of fused-ring (bicyclic) bond motifs is 1. The fourth-order valence-corrected chi connectivity index (χ4v) is 3.81. The average molecular weight is 415 g/mol. The summed E-state index contributed by atoms with van der Waals surface area (Å²) in [5.74, 6) is -0.245. The molecule has 0 radical (unpaired) electrons. The lowest BCUT2D eigenvalue weighted by Gasteiger charge is -2.13. The summed E-state index contributed by atoms with van der Waals surface area (Å²) in [6.45, 7) is 5.95. The lowest BCUT2D eigenvalue weighted by Crippen LogP contribution is -2.19. The molecule has 0 aliphatic carbocycles. The molecule has 0 spiro atoms. The number of aryl methyl sites for hydroxylation is 2. The van der Waals surface area contributed by atoms with E-state index in [1.54, 1.807) is 4.68 Å². The summed E-state index contributed by atoms with van der Waals surface area (Å²) in [6.07, 6.45) is 0.436. The molecule has 0 saturated heterocycles. The van der Waals surface area contributed by atoms with E-state index in [4.69, 9.17) is 5.10 Å².